The van der Waals surface area contributed by atoms with Gasteiger partial charge in [-0.2, -0.15) is 0 Å². The van der Waals surface area contributed by atoms with Crippen LogP contribution in [0.5, 0.6) is 0 Å². The summed E-state index contributed by atoms with van der Waals surface area (Å²) in [6.45, 7) is 5.60. The number of benzene rings is 1. The van der Waals surface area contributed by atoms with E-state index in [0.29, 0.717) is 11.8 Å². The standard InChI is InChI=1S/C16H22N6O2/c1-3-8-21-13(15(17)23-19-21)11-6-5-7-12(10-11)14-16(18)24-20-22(14)9-4-2/h5-7,10H,3-4,8-9,17-18H2,1-2H3/q+2. The average molecular weight is 330 g/mol. The largest absolute Gasteiger partial charge is 0.362 e. The van der Waals surface area contributed by atoms with Gasteiger partial charge in [0.15, 0.2) is 13.1 Å². The fraction of sp³-hybridized carbons (Fsp3) is 0.375. The van der Waals surface area contributed by atoms with Crippen molar-refractivity contribution in [2.24, 2.45) is 0 Å². The number of rotatable bonds is 6. The summed E-state index contributed by atoms with van der Waals surface area (Å²) in [6, 6.07) is 7.86. The van der Waals surface area contributed by atoms with E-state index in [4.69, 9.17) is 20.5 Å². The van der Waals surface area contributed by atoms with E-state index in [1.54, 1.807) is 9.36 Å². The van der Waals surface area contributed by atoms with Gasteiger partial charge in [0, 0.05) is 12.8 Å². The molecule has 0 saturated carbocycles. The number of aromatic nitrogens is 4. The van der Waals surface area contributed by atoms with Crippen molar-refractivity contribution in [1.82, 2.24) is 10.5 Å². The lowest BCUT2D eigenvalue weighted by Crippen LogP contribution is -2.38. The topological polar surface area (TPSA) is 112 Å². The fourth-order valence-corrected chi connectivity index (χ4v) is 2.73. The van der Waals surface area contributed by atoms with Gasteiger partial charge in [-0.3, -0.25) is 9.05 Å². The van der Waals surface area contributed by atoms with Crippen LogP contribution in [0.4, 0.5) is 11.8 Å². The van der Waals surface area contributed by atoms with Gasteiger partial charge in [-0.15, -0.1) is 0 Å². The second kappa shape index (κ2) is 6.69. The van der Waals surface area contributed by atoms with Gasteiger partial charge in [-0.25, -0.2) is 0 Å². The molecule has 8 nitrogen and oxygen atoms in total. The Morgan fingerprint density at radius 1 is 0.875 bits per heavy atom. The molecule has 126 valence electrons. The van der Waals surface area contributed by atoms with Gasteiger partial charge in [0.1, 0.15) is 0 Å². The maximum Gasteiger partial charge on any atom is 0.304 e. The molecule has 4 N–H and O–H groups in total. The van der Waals surface area contributed by atoms with E-state index < -0.39 is 0 Å². The lowest BCUT2D eigenvalue weighted by molar-refractivity contribution is -0.752. The molecule has 0 spiro atoms. The second-order valence-corrected chi connectivity index (χ2v) is 5.60. The molecule has 3 aromatic rings. The lowest BCUT2D eigenvalue weighted by atomic mass is 10.1. The first-order valence-corrected chi connectivity index (χ1v) is 8.07. The molecular formula is C16H22N6O2+2. The Bertz CT molecular complexity index is 773. The molecule has 8 heteroatoms. The summed E-state index contributed by atoms with van der Waals surface area (Å²) in [7, 11) is 0. The van der Waals surface area contributed by atoms with Crippen molar-refractivity contribution < 1.29 is 18.4 Å². The van der Waals surface area contributed by atoms with Crippen LogP contribution in [-0.2, 0) is 13.1 Å². The Balaban J connectivity index is 2.08. The fourth-order valence-electron chi connectivity index (χ4n) is 2.73. The highest BCUT2D eigenvalue weighted by Crippen LogP contribution is 2.28. The van der Waals surface area contributed by atoms with Crippen molar-refractivity contribution in [3.05, 3.63) is 24.3 Å². The Morgan fingerprint density at radius 3 is 1.75 bits per heavy atom. The van der Waals surface area contributed by atoms with E-state index in [1.807, 2.05) is 24.3 Å². The van der Waals surface area contributed by atoms with Crippen molar-refractivity contribution in [2.45, 2.75) is 39.8 Å². The number of hydrogen-bond donors (Lipinski definition) is 2. The van der Waals surface area contributed by atoms with E-state index in [2.05, 4.69) is 24.4 Å². The molecule has 0 aliphatic rings. The van der Waals surface area contributed by atoms with Crippen molar-refractivity contribution in [1.29, 1.82) is 0 Å². The van der Waals surface area contributed by atoms with Crippen LogP contribution in [0.25, 0.3) is 22.5 Å². The molecule has 2 heterocycles. The quantitative estimate of drug-likeness (QED) is 0.663. The molecule has 0 radical (unpaired) electrons. The number of aryl methyl sites for hydroxylation is 2. The minimum Gasteiger partial charge on any atom is -0.362 e. The molecule has 0 aliphatic heterocycles. The van der Waals surface area contributed by atoms with Crippen LogP contribution in [-0.4, -0.2) is 10.5 Å². The van der Waals surface area contributed by atoms with Crippen molar-refractivity contribution in [3.63, 3.8) is 0 Å². The molecule has 24 heavy (non-hydrogen) atoms. The SMILES string of the molecule is CCC[n+]1noc(N)c1-c1cccc(-c2c(N)on[n+]2CCC)c1. The first kappa shape index (κ1) is 16.0. The third-order valence-corrected chi connectivity index (χ3v) is 3.74. The van der Waals surface area contributed by atoms with Crippen molar-refractivity contribution in [3.8, 4) is 22.5 Å². The first-order chi connectivity index (χ1) is 11.7. The molecule has 1 aromatic carbocycles. The summed E-state index contributed by atoms with van der Waals surface area (Å²) >= 11 is 0. The van der Waals surface area contributed by atoms with E-state index in [9.17, 15) is 0 Å². The van der Waals surface area contributed by atoms with Crippen LogP contribution in [0, 0.1) is 0 Å². The summed E-state index contributed by atoms with van der Waals surface area (Å²) in [5, 5.41) is 7.99. The highest BCUT2D eigenvalue weighted by atomic mass is 16.5. The monoisotopic (exact) mass is 330 g/mol. The van der Waals surface area contributed by atoms with Gasteiger partial charge in [0.2, 0.25) is 10.5 Å². The Hall–Kier alpha value is -2.90. The van der Waals surface area contributed by atoms with Crippen LogP contribution >= 0.6 is 0 Å². The van der Waals surface area contributed by atoms with E-state index in [1.165, 1.54) is 0 Å². The minimum atomic E-state index is 0.292. The number of hydrogen-bond acceptors (Lipinski definition) is 6. The minimum absolute atomic E-state index is 0.292. The smallest absolute Gasteiger partial charge is 0.304 e. The molecule has 0 bridgehead atoms. The van der Waals surface area contributed by atoms with Gasteiger partial charge in [-0.05, 0) is 27.6 Å². The van der Waals surface area contributed by atoms with Gasteiger partial charge < -0.3 is 11.5 Å². The van der Waals surface area contributed by atoms with E-state index in [-0.39, 0.29) is 0 Å². The van der Waals surface area contributed by atoms with Crippen molar-refractivity contribution >= 4 is 11.8 Å². The summed E-state index contributed by atoms with van der Waals surface area (Å²) in [6.07, 6.45) is 1.86. The molecule has 0 aliphatic carbocycles. The second-order valence-electron chi connectivity index (χ2n) is 5.60. The van der Waals surface area contributed by atoms with Gasteiger partial charge in [-0.1, -0.05) is 19.9 Å². The summed E-state index contributed by atoms with van der Waals surface area (Å²) in [4.78, 5) is 0. The third-order valence-electron chi connectivity index (χ3n) is 3.74. The molecule has 0 atom stereocenters. The number of nitrogens with two attached hydrogens (primary N) is 2. The summed E-state index contributed by atoms with van der Waals surface area (Å²) in [5.74, 6) is 0.584. The maximum absolute atomic E-state index is 5.97. The zero-order valence-corrected chi connectivity index (χ0v) is 13.9. The average Bonchev–Trinajstić information content (AvgIpc) is 3.11. The zero-order chi connectivity index (χ0) is 17.1. The number of nitrogen functional groups attached to an aromatic ring is 2. The molecule has 0 unspecified atom stereocenters. The zero-order valence-electron chi connectivity index (χ0n) is 13.9. The van der Waals surface area contributed by atoms with Gasteiger partial charge in [0.25, 0.3) is 0 Å². The predicted molar refractivity (Wildman–Crippen MR) is 87.2 cm³/mol. The van der Waals surface area contributed by atoms with Crippen LogP contribution in [0.3, 0.4) is 0 Å². The van der Waals surface area contributed by atoms with Crippen LogP contribution in [0.15, 0.2) is 33.3 Å². The summed E-state index contributed by atoms with van der Waals surface area (Å²) in [5.41, 5.74) is 15.3. The molecule has 0 saturated heterocycles. The first-order valence-electron chi connectivity index (χ1n) is 8.07. The molecule has 0 fully saturated rings. The maximum atomic E-state index is 5.97. The Kier molecular flexibility index (Phi) is 4.45. The molecule has 2 aromatic heterocycles. The van der Waals surface area contributed by atoms with Gasteiger partial charge in [0.05, 0.1) is 11.1 Å². The lowest BCUT2D eigenvalue weighted by Gasteiger charge is -1.99. The molecule has 3 rings (SSSR count). The highest BCUT2D eigenvalue weighted by Gasteiger charge is 2.28. The van der Waals surface area contributed by atoms with Crippen LogP contribution < -0.4 is 20.8 Å². The molecule has 0 amide bonds. The van der Waals surface area contributed by atoms with Crippen molar-refractivity contribution in [2.75, 3.05) is 11.5 Å². The van der Waals surface area contributed by atoms with Gasteiger partial charge >= 0.3 is 23.2 Å². The van der Waals surface area contributed by atoms with E-state index >= 15 is 0 Å². The predicted octanol–water partition coefficient (Wildman–Crippen LogP) is 1.56. The molecular weight excluding hydrogens is 308 g/mol. The van der Waals surface area contributed by atoms with Crippen LogP contribution in [0.1, 0.15) is 26.7 Å². The number of anilines is 2. The Labute approximate surface area is 139 Å². The Morgan fingerprint density at radius 2 is 1.33 bits per heavy atom. The van der Waals surface area contributed by atoms with Crippen LogP contribution in [0.2, 0.25) is 0 Å². The van der Waals surface area contributed by atoms with E-state index in [0.717, 1.165) is 48.4 Å². The highest BCUT2D eigenvalue weighted by molar-refractivity contribution is 5.74. The number of nitrogens with zero attached hydrogens (tertiary/aromatic N) is 4. The third kappa shape index (κ3) is 2.82. The normalized spacial score (nSPS) is 11.1. The summed E-state index contributed by atoms with van der Waals surface area (Å²) < 4.78 is 13.8.